The second-order valence-corrected chi connectivity index (χ2v) is 11.1. The number of amidine groups is 1. The van der Waals surface area contributed by atoms with Gasteiger partial charge in [-0.05, 0) is 64.6 Å². The number of benzene rings is 4. The van der Waals surface area contributed by atoms with Crippen LogP contribution in [0.1, 0.15) is 63.0 Å². The summed E-state index contributed by atoms with van der Waals surface area (Å²) in [4.78, 5) is 39.9. The summed E-state index contributed by atoms with van der Waals surface area (Å²) in [5.74, 6) is -1.39. The maximum atomic E-state index is 13.5. The van der Waals surface area contributed by atoms with Crippen LogP contribution in [-0.4, -0.2) is 30.2 Å². The Morgan fingerprint density at radius 1 is 0.762 bits per heavy atom. The highest BCUT2D eigenvalue weighted by Crippen LogP contribution is 2.30. The second kappa shape index (κ2) is 13.0. The zero-order valence-electron chi connectivity index (χ0n) is 23.9. The summed E-state index contributed by atoms with van der Waals surface area (Å²) >= 11 is 0. The number of nitrogens with two attached hydrogens (primary N) is 1. The quantitative estimate of drug-likeness (QED) is 0.112. The average Bonchev–Trinajstić information content (AvgIpc) is 2.98. The summed E-state index contributed by atoms with van der Waals surface area (Å²) < 4.78 is 5.65. The van der Waals surface area contributed by atoms with Gasteiger partial charge in [-0.3, -0.25) is 15.0 Å². The lowest BCUT2D eigenvalue weighted by Gasteiger charge is -2.19. The molecule has 0 heterocycles. The molecule has 8 nitrogen and oxygen atoms in total. The normalized spacial score (nSPS) is 10.9. The van der Waals surface area contributed by atoms with E-state index < -0.39 is 11.9 Å². The lowest BCUT2D eigenvalue weighted by atomic mass is 9.93. The third-order valence-corrected chi connectivity index (χ3v) is 6.41. The molecule has 0 radical (unpaired) electrons. The molecule has 4 aromatic carbocycles. The van der Waals surface area contributed by atoms with Crippen LogP contribution in [0.3, 0.4) is 0 Å². The number of amides is 2. The van der Waals surface area contributed by atoms with E-state index in [1.54, 1.807) is 60.7 Å². The lowest BCUT2D eigenvalue weighted by molar-refractivity contribution is 0.0473. The Morgan fingerprint density at radius 2 is 1.38 bits per heavy atom. The molecule has 2 amide bonds. The van der Waals surface area contributed by atoms with Crippen LogP contribution in [0.4, 0.5) is 5.69 Å². The van der Waals surface area contributed by atoms with E-state index in [9.17, 15) is 14.4 Å². The molecule has 4 aromatic rings. The molecule has 0 saturated carbocycles. The maximum absolute atomic E-state index is 13.5. The first-order valence-corrected chi connectivity index (χ1v) is 13.5. The number of rotatable bonds is 9. The number of nitrogen functional groups attached to an aromatic ring is 1. The van der Waals surface area contributed by atoms with Gasteiger partial charge < -0.3 is 21.1 Å². The molecule has 0 aliphatic rings. The highest BCUT2D eigenvalue weighted by molar-refractivity contribution is 6.11. The molecule has 0 aromatic heterocycles. The van der Waals surface area contributed by atoms with Gasteiger partial charge in [-0.1, -0.05) is 75.4 Å². The van der Waals surface area contributed by atoms with E-state index in [1.165, 1.54) is 6.07 Å². The number of hydrogen-bond donors (Lipinski definition) is 4. The van der Waals surface area contributed by atoms with Gasteiger partial charge in [-0.25, -0.2) is 4.79 Å². The Labute approximate surface area is 245 Å². The summed E-state index contributed by atoms with van der Waals surface area (Å²) in [6.07, 6.45) is 0. The largest absolute Gasteiger partial charge is 0.457 e. The number of anilines is 1. The molecular formula is C34H34N4O4. The zero-order valence-corrected chi connectivity index (χ0v) is 23.9. The predicted octanol–water partition coefficient (Wildman–Crippen LogP) is 6.02. The molecule has 0 aliphatic carbocycles. The fourth-order valence-corrected chi connectivity index (χ4v) is 4.19. The smallest absolute Gasteiger partial charge is 0.339 e. The number of carbonyl (C=O) groups excluding carboxylic acids is 3. The third kappa shape index (κ3) is 7.69. The molecule has 0 atom stereocenters. The average molecular weight is 563 g/mol. The van der Waals surface area contributed by atoms with E-state index in [2.05, 4.69) is 10.6 Å². The molecule has 0 saturated heterocycles. The summed E-state index contributed by atoms with van der Waals surface area (Å²) in [6, 6.07) is 27.7. The van der Waals surface area contributed by atoms with E-state index in [-0.39, 0.29) is 29.3 Å². The Hall–Kier alpha value is -5.24. The first-order chi connectivity index (χ1) is 20.0. The molecule has 4 rings (SSSR count). The van der Waals surface area contributed by atoms with Crippen molar-refractivity contribution in [2.24, 2.45) is 11.1 Å². The summed E-state index contributed by atoms with van der Waals surface area (Å²) in [5.41, 5.74) is 9.06. The van der Waals surface area contributed by atoms with Crippen LogP contribution in [0, 0.1) is 10.8 Å². The van der Waals surface area contributed by atoms with Crippen LogP contribution in [0.15, 0.2) is 97.1 Å². The van der Waals surface area contributed by atoms with Crippen molar-refractivity contribution in [3.05, 3.63) is 125 Å². The van der Waals surface area contributed by atoms with Crippen molar-refractivity contribution in [3.8, 4) is 11.1 Å². The standard InChI is InChI=1S/C34H34N4O4/c1-34(2,3)21-37-31(39)24-15-18-27(29(19-24)33(41)42-20-22-9-5-4-6-10-22)26-11-7-8-12-28(26)32(40)38-25-16-13-23(14-17-25)30(35)36/h4-19H,20-21H2,1-3H3,(H3,35,36)(H,37,39)(H,38,40). The van der Waals surface area contributed by atoms with Crippen molar-refractivity contribution in [2.75, 3.05) is 11.9 Å². The summed E-state index contributed by atoms with van der Waals surface area (Å²) in [7, 11) is 0. The fraction of sp³-hybridized carbons (Fsp3) is 0.176. The van der Waals surface area contributed by atoms with E-state index in [0.29, 0.717) is 40.0 Å². The molecule has 42 heavy (non-hydrogen) atoms. The van der Waals surface area contributed by atoms with Crippen LogP contribution in [0.25, 0.3) is 11.1 Å². The fourth-order valence-electron chi connectivity index (χ4n) is 4.19. The predicted molar refractivity (Wildman–Crippen MR) is 165 cm³/mol. The van der Waals surface area contributed by atoms with Crippen LogP contribution in [0.5, 0.6) is 0 Å². The van der Waals surface area contributed by atoms with Crippen molar-refractivity contribution in [1.82, 2.24) is 5.32 Å². The Kier molecular flexibility index (Phi) is 9.17. The monoisotopic (exact) mass is 562 g/mol. The van der Waals surface area contributed by atoms with Crippen LogP contribution in [0.2, 0.25) is 0 Å². The number of ether oxygens (including phenoxy) is 1. The first-order valence-electron chi connectivity index (χ1n) is 13.5. The molecule has 8 heteroatoms. The van der Waals surface area contributed by atoms with E-state index in [1.807, 2.05) is 51.1 Å². The van der Waals surface area contributed by atoms with E-state index in [0.717, 1.165) is 5.56 Å². The molecule has 214 valence electrons. The van der Waals surface area contributed by atoms with Crippen molar-refractivity contribution in [2.45, 2.75) is 27.4 Å². The van der Waals surface area contributed by atoms with Crippen molar-refractivity contribution in [3.63, 3.8) is 0 Å². The second-order valence-electron chi connectivity index (χ2n) is 11.1. The number of esters is 1. The molecule has 0 unspecified atom stereocenters. The van der Waals surface area contributed by atoms with Gasteiger partial charge in [0.2, 0.25) is 0 Å². The Morgan fingerprint density at radius 3 is 2.05 bits per heavy atom. The number of nitrogens with one attached hydrogen (secondary N) is 3. The number of carbonyl (C=O) groups is 3. The zero-order chi connectivity index (χ0) is 30.3. The molecular weight excluding hydrogens is 528 g/mol. The van der Waals surface area contributed by atoms with Gasteiger partial charge in [-0.2, -0.15) is 0 Å². The minimum absolute atomic E-state index is 0.0535. The number of hydrogen-bond acceptors (Lipinski definition) is 5. The maximum Gasteiger partial charge on any atom is 0.339 e. The Bertz CT molecular complexity index is 1610. The van der Waals surface area contributed by atoms with Crippen LogP contribution in [-0.2, 0) is 11.3 Å². The lowest BCUT2D eigenvalue weighted by Crippen LogP contribution is -2.32. The highest BCUT2D eigenvalue weighted by Gasteiger charge is 2.22. The van der Waals surface area contributed by atoms with E-state index >= 15 is 0 Å². The van der Waals surface area contributed by atoms with Gasteiger partial charge in [0, 0.05) is 28.9 Å². The van der Waals surface area contributed by atoms with Gasteiger partial charge in [0.1, 0.15) is 12.4 Å². The topological polar surface area (TPSA) is 134 Å². The van der Waals surface area contributed by atoms with E-state index in [4.69, 9.17) is 15.9 Å². The Balaban J connectivity index is 1.69. The molecule has 0 bridgehead atoms. The van der Waals surface area contributed by atoms with Crippen LogP contribution >= 0.6 is 0 Å². The first kappa shape index (κ1) is 29.7. The molecule has 0 fully saturated rings. The van der Waals surface area contributed by atoms with Crippen molar-refractivity contribution in [1.29, 1.82) is 5.41 Å². The van der Waals surface area contributed by atoms with Gasteiger partial charge in [-0.15, -0.1) is 0 Å². The molecule has 0 aliphatic heterocycles. The molecule has 5 N–H and O–H groups in total. The molecule has 0 spiro atoms. The van der Waals surface area contributed by atoms with Gasteiger partial charge >= 0.3 is 5.97 Å². The highest BCUT2D eigenvalue weighted by atomic mass is 16.5. The SMILES string of the molecule is CC(C)(C)CNC(=O)c1ccc(-c2ccccc2C(=O)Nc2ccc(C(=N)N)cc2)c(C(=O)OCc2ccccc2)c1. The van der Waals surface area contributed by atoms with Crippen molar-refractivity contribution >= 4 is 29.3 Å². The van der Waals surface area contributed by atoms with Gasteiger partial charge in [0.15, 0.2) is 0 Å². The minimum atomic E-state index is -0.616. The minimum Gasteiger partial charge on any atom is -0.457 e. The van der Waals surface area contributed by atoms with Crippen LogP contribution < -0.4 is 16.4 Å². The summed E-state index contributed by atoms with van der Waals surface area (Å²) in [6.45, 7) is 6.56. The summed E-state index contributed by atoms with van der Waals surface area (Å²) in [5, 5.41) is 13.3. The van der Waals surface area contributed by atoms with Gasteiger partial charge in [0.05, 0.1) is 5.56 Å². The third-order valence-electron chi connectivity index (χ3n) is 6.41. The van der Waals surface area contributed by atoms with Crippen molar-refractivity contribution < 1.29 is 19.1 Å². The van der Waals surface area contributed by atoms with Gasteiger partial charge in [0.25, 0.3) is 11.8 Å².